The van der Waals surface area contributed by atoms with E-state index >= 15 is 0 Å². The van der Waals surface area contributed by atoms with Gasteiger partial charge in [0.2, 0.25) is 0 Å². The molecule has 1 aromatic carbocycles. The molecule has 2 aromatic rings. The Balaban J connectivity index is 1.96. The van der Waals surface area contributed by atoms with Gasteiger partial charge in [0.25, 0.3) is 0 Å². The summed E-state index contributed by atoms with van der Waals surface area (Å²) in [6.07, 6.45) is 0.197. The van der Waals surface area contributed by atoms with Gasteiger partial charge in [0.1, 0.15) is 5.75 Å². The van der Waals surface area contributed by atoms with Gasteiger partial charge >= 0.3 is 0 Å². The Morgan fingerprint density at radius 2 is 1.95 bits per heavy atom. The Kier molecular flexibility index (Phi) is 5.59. The van der Waals surface area contributed by atoms with Crippen molar-refractivity contribution in [3.63, 3.8) is 0 Å². The van der Waals surface area contributed by atoms with Crippen molar-refractivity contribution < 1.29 is 4.74 Å². The van der Waals surface area contributed by atoms with Gasteiger partial charge < -0.3 is 15.8 Å². The number of rotatable bonds is 7. The molecular formula is C16H22N2OS. The smallest absolute Gasteiger partial charge is 0.119 e. The first-order valence-electron chi connectivity index (χ1n) is 6.91. The second-order valence-electron chi connectivity index (χ2n) is 4.98. The van der Waals surface area contributed by atoms with Crippen molar-refractivity contribution in [2.75, 3.05) is 6.54 Å². The highest BCUT2D eigenvalue weighted by atomic mass is 32.1. The second kappa shape index (κ2) is 7.43. The normalized spacial score (nSPS) is 12.6. The Morgan fingerprint density at radius 3 is 2.50 bits per heavy atom. The summed E-state index contributed by atoms with van der Waals surface area (Å²) in [5.74, 6) is 0.901. The highest BCUT2D eigenvalue weighted by molar-refractivity contribution is 7.09. The first-order valence-corrected chi connectivity index (χ1v) is 7.79. The predicted molar refractivity (Wildman–Crippen MR) is 85.2 cm³/mol. The van der Waals surface area contributed by atoms with Crippen molar-refractivity contribution in [3.05, 3.63) is 52.2 Å². The molecule has 1 atom stereocenters. The summed E-state index contributed by atoms with van der Waals surface area (Å²) in [6, 6.07) is 12.5. The number of benzene rings is 1. The third-order valence-corrected chi connectivity index (χ3v) is 3.87. The summed E-state index contributed by atoms with van der Waals surface area (Å²) in [6.45, 7) is 5.48. The SMILES string of the molecule is CC(C)Oc1ccc(C(CN)NCc2cccs2)cc1. The maximum atomic E-state index is 5.87. The van der Waals surface area contributed by atoms with Crippen molar-refractivity contribution in [1.29, 1.82) is 0 Å². The van der Waals surface area contributed by atoms with E-state index in [1.165, 1.54) is 10.4 Å². The van der Waals surface area contributed by atoms with Crippen molar-refractivity contribution >= 4 is 11.3 Å². The van der Waals surface area contributed by atoms with Gasteiger partial charge in [-0.15, -0.1) is 11.3 Å². The molecule has 0 spiro atoms. The lowest BCUT2D eigenvalue weighted by atomic mass is 10.1. The van der Waals surface area contributed by atoms with Crippen LogP contribution in [0.2, 0.25) is 0 Å². The van der Waals surface area contributed by atoms with Gasteiger partial charge in [-0.05, 0) is 43.0 Å². The van der Waals surface area contributed by atoms with Crippen LogP contribution in [0.5, 0.6) is 5.75 Å². The average molecular weight is 290 g/mol. The van der Waals surface area contributed by atoms with Crippen LogP contribution in [0, 0.1) is 0 Å². The molecule has 0 bridgehead atoms. The summed E-state index contributed by atoms with van der Waals surface area (Å²) in [4.78, 5) is 1.32. The topological polar surface area (TPSA) is 47.3 Å². The molecule has 0 aliphatic carbocycles. The van der Waals surface area contributed by atoms with Crippen molar-refractivity contribution in [3.8, 4) is 5.75 Å². The van der Waals surface area contributed by atoms with Crippen LogP contribution >= 0.6 is 11.3 Å². The summed E-state index contributed by atoms with van der Waals surface area (Å²) >= 11 is 1.76. The Labute approximate surface area is 124 Å². The molecule has 0 aliphatic rings. The zero-order valence-corrected chi connectivity index (χ0v) is 12.8. The summed E-state index contributed by atoms with van der Waals surface area (Å²) < 4.78 is 5.65. The maximum absolute atomic E-state index is 5.87. The number of ether oxygens (including phenoxy) is 1. The minimum absolute atomic E-state index is 0.171. The fourth-order valence-electron chi connectivity index (χ4n) is 2.03. The zero-order chi connectivity index (χ0) is 14.4. The molecule has 3 N–H and O–H groups in total. The zero-order valence-electron chi connectivity index (χ0n) is 12.0. The van der Waals surface area contributed by atoms with E-state index in [2.05, 4.69) is 35.0 Å². The van der Waals surface area contributed by atoms with Crippen LogP contribution in [-0.4, -0.2) is 12.6 Å². The first-order chi connectivity index (χ1) is 9.69. The van der Waals surface area contributed by atoms with E-state index in [4.69, 9.17) is 10.5 Å². The first kappa shape index (κ1) is 15.0. The molecule has 0 radical (unpaired) electrons. The van der Waals surface area contributed by atoms with Gasteiger partial charge in [-0.3, -0.25) is 0 Å². The van der Waals surface area contributed by atoms with Crippen molar-refractivity contribution in [2.45, 2.75) is 32.5 Å². The Bertz CT molecular complexity index is 494. The highest BCUT2D eigenvalue weighted by Crippen LogP contribution is 2.19. The van der Waals surface area contributed by atoms with Crippen LogP contribution < -0.4 is 15.8 Å². The molecule has 108 valence electrons. The van der Waals surface area contributed by atoms with E-state index in [9.17, 15) is 0 Å². The van der Waals surface area contributed by atoms with Gasteiger partial charge in [0, 0.05) is 24.0 Å². The lowest BCUT2D eigenvalue weighted by molar-refractivity contribution is 0.242. The van der Waals surface area contributed by atoms with Crippen LogP contribution in [0.3, 0.4) is 0 Å². The van der Waals surface area contributed by atoms with E-state index in [0.717, 1.165) is 12.3 Å². The van der Waals surface area contributed by atoms with E-state index in [0.29, 0.717) is 6.54 Å². The summed E-state index contributed by atoms with van der Waals surface area (Å²) in [5.41, 5.74) is 7.07. The van der Waals surface area contributed by atoms with Gasteiger partial charge in [-0.1, -0.05) is 18.2 Å². The number of hydrogen-bond acceptors (Lipinski definition) is 4. The van der Waals surface area contributed by atoms with Gasteiger partial charge in [-0.2, -0.15) is 0 Å². The molecule has 0 amide bonds. The number of nitrogens with one attached hydrogen (secondary N) is 1. The second-order valence-corrected chi connectivity index (χ2v) is 6.02. The molecule has 1 heterocycles. The van der Waals surface area contributed by atoms with Crippen LogP contribution in [-0.2, 0) is 6.54 Å². The molecule has 4 heteroatoms. The van der Waals surface area contributed by atoms with Crippen LogP contribution in [0.25, 0.3) is 0 Å². The Morgan fingerprint density at radius 1 is 1.20 bits per heavy atom. The number of thiophene rings is 1. The van der Waals surface area contributed by atoms with Crippen LogP contribution in [0.4, 0.5) is 0 Å². The van der Waals surface area contributed by atoms with Gasteiger partial charge in [0.05, 0.1) is 6.10 Å². The molecule has 1 aromatic heterocycles. The van der Waals surface area contributed by atoms with E-state index < -0.39 is 0 Å². The van der Waals surface area contributed by atoms with E-state index in [1.807, 2.05) is 26.0 Å². The van der Waals surface area contributed by atoms with E-state index in [-0.39, 0.29) is 12.1 Å². The molecule has 1 unspecified atom stereocenters. The van der Waals surface area contributed by atoms with E-state index in [1.54, 1.807) is 11.3 Å². The van der Waals surface area contributed by atoms with Gasteiger partial charge in [-0.25, -0.2) is 0 Å². The third kappa shape index (κ3) is 4.34. The highest BCUT2D eigenvalue weighted by Gasteiger charge is 2.09. The number of hydrogen-bond donors (Lipinski definition) is 2. The average Bonchev–Trinajstić information content (AvgIpc) is 2.94. The molecule has 20 heavy (non-hydrogen) atoms. The molecule has 0 saturated carbocycles. The molecule has 3 nitrogen and oxygen atoms in total. The standard InChI is InChI=1S/C16H22N2OS/c1-12(2)19-14-7-5-13(6-8-14)16(10-17)18-11-15-4-3-9-20-15/h3-9,12,16,18H,10-11,17H2,1-2H3. The molecule has 2 rings (SSSR count). The van der Waals surface area contributed by atoms with Crippen molar-refractivity contribution in [1.82, 2.24) is 5.32 Å². The quantitative estimate of drug-likeness (QED) is 0.822. The minimum Gasteiger partial charge on any atom is -0.491 e. The monoisotopic (exact) mass is 290 g/mol. The summed E-state index contributed by atoms with van der Waals surface area (Å²) in [5, 5.41) is 5.58. The molecular weight excluding hydrogens is 268 g/mol. The lowest BCUT2D eigenvalue weighted by Crippen LogP contribution is -2.27. The third-order valence-electron chi connectivity index (χ3n) is 2.99. The van der Waals surface area contributed by atoms with Crippen molar-refractivity contribution in [2.24, 2.45) is 5.73 Å². The maximum Gasteiger partial charge on any atom is 0.119 e. The lowest BCUT2D eigenvalue weighted by Gasteiger charge is -2.18. The van der Waals surface area contributed by atoms with Crippen LogP contribution in [0.15, 0.2) is 41.8 Å². The minimum atomic E-state index is 0.171. The Hall–Kier alpha value is -1.36. The molecule has 0 saturated heterocycles. The van der Waals surface area contributed by atoms with Gasteiger partial charge in [0.15, 0.2) is 0 Å². The molecule has 0 fully saturated rings. The fourth-order valence-corrected chi connectivity index (χ4v) is 2.68. The largest absolute Gasteiger partial charge is 0.491 e. The molecule has 0 aliphatic heterocycles. The number of nitrogens with two attached hydrogens (primary N) is 1. The summed E-state index contributed by atoms with van der Waals surface area (Å²) in [7, 11) is 0. The predicted octanol–water partition coefficient (Wildman–Crippen LogP) is 3.32. The fraction of sp³-hybridized carbons (Fsp3) is 0.375. The van der Waals surface area contributed by atoms with Crippen LogP contribution in [0.1, 0.15) is 30.3 Å².